The number of pyridine rings is 1. The van der Waals surface area contributed by atoms with E-state index in [4.69, 9.17) is 14.5 Å². The van der Waals surface area contributed by atoms with E-state index in [2.05, 4.69) is 5.32 Å². The number of fused-ring (bicyclic) bond motifs is 1. The zero-order chi connectivity index (χ0) is 21.5. The number of hydrogen-bond acceptors (Lipinski definition) is 5. The van der Waals surface area contributed by atoms with Crippen molar-refractivity contribution in [2.24, 2.45) is 0 Å². The molecule has 0 bridgehead atoms. The molecule has 4 aromatic rings. The molecule has 3 aromatic carbocycles. The summed E-state index contributed by atoms with van der Waals surface area (Å²) >= 11 is -1.08. The predicted octanol–water partition coefficient (Wildman–Crippen LogP) is 5.04. The number of methoxy groups -OCH3 is 1. The summed E-state index contributed by atoms with van der Waals surface area (Å²) in [5.74, 6) is 2.80. The van der Waals surface area contributed by atoms with Gasteiger partial charge in [-0.25, -0.2) is 4.98 Å². The minimum Gasteiger partial charge on any atom is -0.611 e. The Kier molecular flexibility index (Phi) is 6.92. The lowest BCUT2D eigenvalue weighted by molar-refractivity contribution is 0.345. The third-order valence-corrected chi connectivity index (χ3v) is 6.21. The van der Waals surface area contributed by atoms with Gasteiger partial charge in [0.05, 0.1) is 12.6 Å². The van der Waals surface area contributed by atoms with E-state index in [1.807, 2.05) is 84.9 Å². The fourth-order valence-electron chi connectivity index (χ4n) is 3.30. The fourth-order valence-corrected chi connectivity index (χ4v) is 4.23. The molecule has 0 amide bonds. The topological polar surface area (TPSA) is 66.4 Å². The smallest absolute Gasteiger partial charge is 0.152 e. The summed E-state index contributed by atoms with van der Waals surface area (Å²) in [5, 5.41) is 4.28. The molecule has 0 spiro atoms. The Morgan fingerprint density at radius 1 is 0.871 bits per heavy atom. The normalized spacial score (nSPS) is 11.8. The Balaban J connectivity index is 1.40. The molecule has 1 aromatic heterocycles. The van der Waals surface area contributed by atoms with Crippen LogP contribution in [0.5, 0.6) is 11.5 Å². The molecule has 158 valence electrons. The number of anilines is 1. The molecule has 1 heterocycles. The summed E-state index contributed by atoms with van der Waals surface area (Å²) in [7, 11) is 1.67. The van der Waals surface area contributed by atoms with Gasteiger partial charge in [-0.15, -0.1) is 0 Å². The van der Waals surface area contributed by atoms with Gasteiger partial charge in [0.2, 0.25) is 0 Å². The molecule has 0 aliphatic rings. The van der Waals surface area contributed by atoms with Crippen molar-refractivity contribution < 1.29 is 14.0 Å². The number of nitrogens with one attached hydrogen (secondary N) is 1. The first-order valence-electron chi connectivity index (χ1n) is 10.1. The fraction of sp³-hybridized carbons (Fsp3) is 0.160. The average molecular weight is 433 g/mol. The maximum atomic E-state index is 12.4. The summed E-state index contributed by atoms with van der Waals surface area (Å²) in [6, 6.07) is 27.1. The lowest BCUT2D eigenvalue weighted by Gasteiger charge is -2.13. The average Bonchev–Trinajstić information content (AvgIpc) is 2.83. The van der Waals surface area contributed by atoms with E-state index in [0.717, 1.165) is 38.7 Å². The second kappa shape index (κ2) is 10.2. The first kappa shape index (κ1) is 21.0. The Hall–Kier alpha value is -3.22. The number of nitrogens with zero attached hydrogens (tertiary/aromatic N) is 1. The number of hydrogen-bond donors (Lipinski definition) is 1. The molecule has 0 saturated heterocycles. The molecule has 1 atom stereocenters. The van der Waals surface area contributed by atoms with Gasteiger partial charge in [-0.3, -0.25) is 0 Å². The van der Waals surface area contributed by atoms with Gasteiger partial charge < -0.3 is 19.3 Å². The zero-order valence-electron chi connectivity index (χ0n) is 17.3. The molecule has 0 fully saturated rings. The van der Waals surface area contributed by atoms with Crippen molar-refractivity contribution >= 4 is 27.9 Å². The second-order valence-corrected chi connectivity index (χ2v) is 8.47. The minimum atomic E-state index is -1.08. The van der Waals surface area contributed by atoms with Crippen molar-refractivity contribution in [3.05, 3.63) is 90.5 Å². The van der Waals surface area contributed by atoms with E-state index >= 15 is 0 Å². The molecule has 1 unspecified atom stereocenters. The van der Waals surface area contributed by atoms with E-state index in [1.165, 1.54) is 0 Å². The van der Waals surface area contributed by atoms with Crippen LogP contribution in [-0.2, 0) is 17.7 Å². The van der Waals surface area contributed by atoms with Gasteiger partial charge in [-0.05, 0) is 53.6 Å². The predicted molar refractivity (Wildman–Crippen MR) is 125 cm³/mol. The van der Waals surface area contributed by atoms with Crippen molar-refractivity contribution in [2.75, 3.05) is 24.8 Å². The minimum absolute atomic E-state index is 0.369. The molecule has 5 nitrogen and oxygen atoms in total. The molecule has 4 rings (SSSR count). The Morgan fingerprint density at radius 3 is 2.48 bits per heavy atom. The van der Waals surface area contributed by atoms with Gasteiger partial charge >= 0.3 is 0 Å². The van der Waals surface area contributed by atoms with Crippen LogP contribution in [0.4, 0.5) is 5.82 Å². The highest BCUT2D eigenvalue weighted by molar-refractivity contribution is 7.91. The largest absolute Gasteiger partial charge is 0.611 e. The van der Waals surface area contributed by atoms with Crippen LogP contribution in [0.1, 0.15) is 5.56 Å². The van der Waals surface area contributed by atoms with Crippen molar-refractivity contribution in [3.8, 4) is 11.5 Å². The second-order valence-electron chi connectivity index (χ2n) is 6.90. The van der Waals surface area contributed by atoms with E-state index in [1.54, 1.807) is 7.11 Å². The van der Waals surface area contributed by atoms with Gasteiger partial charge in [0.25, 0.3) is 0 Å². The quantitative estimate of drug-likeness (QED) is 0.375. The third kappa shape index (κ3) is 5.29. The molecular weight excluding hydrogens is 408 g/mol. The molecule has 0 saturated carbocycles. The van der Waals surface area contributed by atoms with Crippen molar-refractivity contribution in [1.29, 1.82) is 0 Å². The van der Waals surface area contributed by atoms with E-state index in [-0.39, 0.29) is 0 Å². The van der Waals surface area contributed by atoms with Crippen LogP contribution in [0.3, 0.4) is 0 Å². The molecular formula is C25H24N2O3S. The molecule has 0 radical (unpaired) electrons. The van der Waals surface area contributed by atoms with Crippen LogP contribution in [0, 0.1) is 0 Å². The summed E-state index contributed by atoms with van der Waals surface area (Å²) < 4.78 is 23.7. The number of para-hydroxylation sites is 1. The maximum Gasteiger partial charge on any atom is 0.152 e. The Morgan fingerprint density at radius 2 is 1.65 bits per heavy atom. The lowest BCUT2D eigenvalue weighted by Crippen LogP contribution is -2.14. The highest BCUT2D eigenvalue weighted by Crippen LogP contribution is 2.26. The van der Waals surface area contributed by atoms with Crippen LogP contribution in [0.2, 0.25) is 0 Å². The Labute approximate surface area is 185 Å². The third-order valence-electron chi connectivity index (χ3n) is 4.88. The Bertz CT molecular complexity index is 1140. The summed E-state index contributed by atoms with van der Waals surface area (Å²) in [6.07, 6.45) is 0. The maximum absolute atomic E-state index is 12.4. The van der Waals surface area contributed by atoms with Gasteiger partial charge in [0.15, 0.2) is 4.90 Å². The highest BCUT2D eigenvalue weighted by atomic mass is 32.2. The van der Waals surface area contributed by atoms with Crippen LogP contribution >= 0.6 is 0 Å². The number of rotatable bonds is 9. The van der Waals surface area contributed by atoms with Crippen LogP contribution in [-0.4, -0.2) is 29.0 Å². The summed E-state index contributed by atoms with van der Waals surface area (Å²) in [5.41, 5.74) is 1.90. The van der Waals surface area contributed by atoms with Crippen LogP contribution < -0.4 is 14.8 Å². The zero-order valence-corrected chi connectivity index (χ0v) is 18.1. The van der Waals surface area contributed by atoms with E-state index in [0.29, 0.717) is 18.9 Å². The van der Waals surface area contributed by atoms with Gasteiger partial charge in [0, 0.05) is 17.5 Å². The number of ether oxygens (including phenoxy) is 2. The summed E-state index contributed by atoms with van der Waals surface area (Å²) in [6.45, 7) is 0.985. The highest BCUT2D eigenvalue weighted by Gasteiger charge is 2.11. The van der Waals surface area contributed by atoms with Crippen molar-refractivity contribution in [1.82, 2.24) is 4.98 Å². The van der Waals surface area contributed by atoms with Crippen molar-refractivity contribution in [2.45, 2.75) is 11.4 Å². The first-order chi connectivity index (χ1) is 15.2. The number of aromatic nitrogens is 1. The van der Waals surface area contributed by atoms with Gasteiger partial charge in [-0.1, -0.05) is 42.5 Å². The molecule has 31 heavy (non-hydrogen) atoms. The SMILES string of the molecule is COc1ccccc1CNc1ccc2c(OCC[S+]([O-])c3ccccc3)cccc2n1. The number of benzene rings is 3. The molecule has 6 heteroatoms. The standard InChI is InChI=1S/C25H24N2O3S/c1-29-23-12-6-5-8-19(23)18-26-25-15-14-21-22(27-25)11-7-13-24(21)30-16-17-31(28)20-9-3-2-4-10-20/h2-15H,16-18H2,1H3,(H,26,27). The van der Waals surface area contributed by atoms with Crippen LogP contribution in [0.15, 0.2) is 89.8 Å². The molecule has 0 aliphatic heterocycles. The van der Waals surface area contributed by atoms with E-state index in [9.17, 15) is 4.55 Å². The monoisotopic (exact) mass is 432 g/mol. The van der Waals surface area contributed by atoms with Crippen molar-refractivity contribution in [3.63, 3.8) is 0 Å². The first-order valence-corrected chi connectivity index (χ1v) is 11.4. The lowest BCUT2D eigenvalue weighted by atomic mass is 10.2. The van der Waals surface area contributed by atoms with Gasteiger partial charge in [0.1, 0.15) is 29.7 Å². The van der Waals surface area contributed by atoms with Gasteiger partial charge in [-0.2, -0.15) is 0 Å². The van der Waals surface area contributed by atoms with E-state index < -0.39 is 11.2 Å². The van der Waals surface area contributed by atoms with Crippen LogP contribution in [0.25, 0.3) is 10.9 Å². The molecule has 0 aliphatic carbocycles. The molecule has 1 N–H and O–H groups in total. The summed E-state index contributed by atoms with van der Waals surface area (Å²) in [4.78, 5) is 5.52.